The Labute approximate surface area is 122 Å². The first-order valence-electron chi connectivity index (χ1n) is 7.83. The van der Waals surface area contributed by atoms with E-state index in [4.69, 9.17) is 4.74 Å². The Hall–Kier alpha value is -1.03. The van der Waals surface area contributed by atoms with Crippen LogP contribution in [0.4, 0.5) is 4.79 Å². The van der Waals surface area contributed by atoms with Gasteiger partial charge in [-0.3, -0.25) is 0 Å². The highest BCUT2D eigenvalue weighted by molar-refractivity contribution is 5.68. The third-order valence-corrected chi connectivity index (χ3v) is 3.85. The van der Waals surface area contributed by atoms with E-state index in [1.54, 1.807) is 5.57 Å². The van der Waals surface area contributed by atoms with Gasteiger partial charge in [-0.05, 0) is 59.4 Å². The molecule has 20 heavy (non-hydrogen) atoms. The summed E-state index contributed by atoms with van der Waals surface area (Å²) in [4.78, 5) is 13.8. The van der Waals surface area contributed by atoms with Crippen LogP contribution in [0.25, 0.3) is 0 Å². The van der Waals surface area contributed by atoms with Gasteiger partial charge in [0.15, 0.2) is 0 Å². The molecule has 1 amide bonds. The number of carbonyl (C=O) groups excluding carboxylic acids is 1. The number of hydrogen-bond donors (Lipinski definition) is 1. The minimum absolute atomic E-state index is 0.180. The molecule has 0 spiro atoms. The fourth-order valence-corrected chi connectivity index (χ4v) is 2.82. The molecule has 1 atom stereocenters. The minimum Gasteiger partial charge on any atom is -0.444 e. The van der Waals surface area contributed by atoms with Crippen LogP contribution in [0.3, 0.4) is 0 Å². The van der Waals surface area contributed by atoms with Crippen molar-refractivity contribution in [2.24, 2.45) is 0 Å². The maximum atomic E-state index is 12.0. The van der Waals surface area contributed by atoms with Gasteiger partial charge in [-0.25, -0.2) is 4.79 Å². The first kappa shape index (κ1) is 15.4. The Bertz CT molecular complexity index is 371. The lowest BCUT2D eigenvalue weighted by Gasteiger charge is -2.24. The SMILES string of the molecule is CC(C)(C)OC(=O)N1CCC(NCCC2=CCCC2)C1. The predicted molar refractivity (Wildman–Crippen MR) is 80.8 cm³/mol. The van der Waals surface area contributed by atoms with Crippen LogP contribution in [-0.2, 0) is 4.74 Å². The first-order chi connectivity index (χ1) is 9.44. The molecule has 0 aromatic rings. The molecule has 0 bridgehead atoms. The Balaban J connectivity index is 1.65. The molecule has 4 nitrogen and oxygen atoms in total. The van der Waals surface area contributed by atoms with E-state index in [-0.39, 0.29) is 6.09 Å². The summed E-state index contributed by atoms with van der Waals surface area (Å²) in [5.41, 5.74) is 1.19. The van der Waals surface area contributed by atoms with Crippen molar-refractivity contribution in [2.45, 2.75) is 64.5 Å². The molecule has 2 aliphatic rings. The number of likely N-dealkylation sites (tertiary alicyclic amines) is 1. The standard InChI is InChI=1S/C16H28N2O2/c1-16(2,3)20-15(19)18-11-9-14(12-18)17-10-8-13-6-4-5-7-13/h6,14,17H,4-5,7-12H2,1-3H3. The van der Waals surface area contributed by atoms with Crippen LogP contribution < -0.4 is 5.32 Å². The summed E-state index contributed by atoms with van der Waals surface area (Å²) in [6, 6.07) is 0.421. The zero-order chi connectivity index (χ0) is 14.6. The lowest BCUT2D eigenvalue weighted by molar-refractivity contribution is 0.0291. The molecule has 1 saturated heterocycles. The molecule has 0 saturated carbocycles. The van der Waals surface area contributed by atoms with Crippen LogP contribution >= 0.6 is 0 Å². The van der Waals surface area contributed by atoms with E-state index < -0.39 is 5.60 Å². The number of allylic oxidation sites excluding steroid dienone is 1. The maximum absolute atomic E-state index is 12.0. The lowest BCUT2D eigenvalue weighted by Crippen LogP contribution is -2.38. The summed E-state index contributed by atoms with van der Waals surface area (Å²) < 4.78 is 5.41. The van der Waals surface area contributed by atoms with Crippen molar-refractivity contribution in [1.82, 2.24) is 10.2 Å². The number of rotatable bonds is 4. The Morgan fingerprint density at radius 2 is 2.30 bits per heavy atom. The van der Waals surface area contributed by atoms with Crippen LogP contribution in [0.5, 0.6) is 0 Å². The van der Waals surface area contributed by atoms with Gasteiger partial charge in [-0.2, -0.15) is 0 Å². The highest BCUT2D eigenvalue weighted by atomic mass is 16.6. The largest absolute Gasteiger partial charge is 0.444 e. The molecule has 2 rings (SSSR count). The van der Waals surface area contributed by atoms with Crippen molar-refractivity contribution in [1.29, 1.82) is 0 Å². The van der Waals surface area contributed by atoms with Crippen molar-refractivity contribution in [3.63, 3.8) is 0 Å². The van der Waals surface area contributed by atoms with Gasteiger partial charge < -0.3 is 15.0 Å². The van der Waals surface area contributed by atoms with Gasteiger partial charge in [0, 0.05) is 19.1 Å². The molecule has 1 N–H and O–H groups in total. The molecule has 1 aliphatic carbocycles. The molecular formula is C16H28N2O2. The van der Waals surface area contributed by atoms with E-state index in [1.165, 1.54) is 19.3 Å². The van der Waals surface area contributed by atoms with E-state index in [0.717, 1.165) is 32.5 Å². The van der Waals surface area contributed by atoms with Crippen molar-refractivity contribution < 1.29 is 9.53 Å². The zero-order valence-electron chi connectivity index (χ0n) is 13.1. The molecule has 1 heterocycles. The third kappa shape index (κ3) is 4.82. The number of nitrogens with zero attached hydrogens (tertiary/aromatic N) is 1. The van der Waals surface area contributed by atoms with Crippen LogP contribution in [0, 0.1) is 0 Å². The fourth-order valence-electron chi connectivity index (χ4n) is 2.82. The molecule has 0 radical (unpaired) electrons. The molecule has 114 valence electrons. The molecule has 1 aliphatic heterocycles. The van der Waals surface area contributed by atoms with Gasteiger partial charge in [-0.15, -0.1) is 0 Å². The highest BCUT2D eigenvalue weighted by Crippen LogP contribution is 2.20. The Morgan fingerprint density at radius 1 is 1.50 bits per heavy atom. The van der Waals surface area contributed by atoms with Gasteiger partial charge in [0.05, 0.1) is 0 Å². The van der Waals surface area contributed by atoms with Gasteiger partial charge in [0.1, 0.15) is 5.60 Å². The Morgan fingerprint density at radius 3 is 2.95 bits per heavy atom. The quantitative estimate of drug-likeness (QED) is 0.805. The summed E-state index contributed by atoms with van der Waals surface area (Å²) in [6.45, 7) is 8.33. The van der Waals surface area contributed by atoms with E-state index >= 15 is 0 Å². The van der Waals surface area contributed by atoms with E-state index in [1.807, 2.05) is 25.7 Å². The number of nitrogens with one attached hydrogen (secondary N) is 1. The molecule has 4 heteroatoms. The average molecular weight is 280 g/mol. The second-order valence-corrected chi connectivity index (χ2v) is 6.87. The monoisotopic (exact) mass is 280 g/mol. The van der Waals surface area contributed by atoms with Gasteiger partial charge in [-0.1, -0.05) is 11.6 Å². The summed E-state index contributed by atoms with van der Waals surface area (Å²) in [7, 11) is 0. The highest BCUT2D eigenvalue weighted by Gasteiger charge is 2.29. The fraction of sp³-hybridized carbons (Fsp3) is 0.812. The van der Waals surface area contributed by atoms with Crippen molar-refractivity contribution >= 4 is 6.09 Å². The summed E-state index contributed by atoms with van der Waals surface area (Å²) in [5, 5.41) is 3.57. The second kappa shape index (κ2) is 6.61. The third-order valence-electron chi connectivity index (χ3n) is 3.85. The minimum atomic E-state index is -0.405. The number of amides is 1. The van der Waals surface area contributed by atoms with Crippen LogP contribution in [-0.4, -0.2) is 42.3 Å². The summed E-state index contributed by atoms with van der Waals surface area (Å²) in [5.74, 6) is 0. The summed E-state index contributed by atoms with van der Waals surface area (Å²) in [6.07, 6.45) is 8.23. The van der Waals surface area contributed by atoms with Crippen LogP contribution in [0.2, 0.25) is 0 Å². The van der Waals surface area contributed by atoms with Gasteiger partial charge in [0.25, 0.3) is 0 Å². The normalized spacial score (nSPS) is 23.1. The number of hydrogen-bond acceptors (Lipinski definition) is 3. The second-order valence-electron chi connectivity index (χ2n) is 6.87. The van der Waals surface area contributed by atoms with E-state index in [0.29, 0.717) is 6.04 Å². The van der Waals surface area contributed by atoms with Gasteiger partial charge in [0.2, 0.25) is 0 Å². The van der Waals surface area contributed by atoms with Crippen LogP contribution in [0.15, 0.2) is 11.6 Å². The average Bonchev–Trinajstić information content (AvgIpc) is 2.97. The Kier molecular flexibility index (Phi) is 5.08. The lowest BCUT2D eigenvalue weighted by atomic mass is 10.1. The van der Waals surface area contributed by atoms with Crippen LogP contribution in [0.1, 0.15) is 52.9 Å². The summed E-state index contributed by atoms with van der Waals surface area (Å²) >= 11 is 0. The van der Waals surface area contributed by atoms with Crippen molar-refractivity contribution in [3.05, 3.63) is 11.6 Å². The topological polar surface area (TPSA) is 41.6 Å². The smallest absolute Gasteiger partial charge is 0.410 e. The predicted octanol–water partition coefficient (Wildman–Crippen LogP) is 3.09. The molecule has 0 aromatic heterocycles. The zero-order valence-corrected chi connectivity index (χ0v) is 13.1. The van der Waals surface area contributed by atoms with E-state index in [2.05, 4.69) is 11.4 Å². The molecular weight excluding hydrogens is 252 g/mol. The van der Waals surface area contributed by atoms with Crippen molar-refractivity contribution in [2.75, 3.05) is 19.6 Å². The number of carbonyl (C=O) groups is 1. The molecule has 0 aromatic carbocycles. The number of ether oxygens (including phenoxy) is 1. The maximum Gasteiger partial charge on any atom is 0.410 e. The molecule has 1 unspecified atom stereocenters. The van der Waals surface area contributed by atoms with Gasteiger partial charge >= 0.3 is 6.09 Å². The molecule has 1 fully saturated rings. The first-order valence-corrected chi connectivity index (χ1v) is 7.83. The van der Waals surface area contributed by atoms with E-state index in [9.17, 15) is 4.79 Å². The van der Waals surface area contributed by atoms with Crippen molar-refractivity contribution in [3.8, 4) is 0 Å².